The maximum atomic E-state index is 10.1. The summed E-state index contributed by atoms with van der Waals surface area (Å²) in [4.78, 5) is 1.42. The molecule has 1 aliphatic rings. The lowest BCUT2D eigenvalue weighted by Crippen LogP contribution is -2.50. The Labute approximate surface area is 83.1 Å². The predicted octanol–water partition coefficient (Wildman–Crippen LogP) is 0.304. The quantitative estimate of drug-likeness (QED) is 0.739. The van der Waals surface area contributed by atoms with Crippen molar-refractivity contribution >= 4 is 0 Å². The summed E-state index contributed by atoms with van der Waals surface area (Å²) >= 11 is 0. The number of aromatic nitrogens is 4. The first-order valence-corrected chi connectivity index (χ1v) is 4.84. The van der Waals surface area contributed by atoms with Gasteiger partial charge in [0.05, 0.1) is 12.6 Å². The van der Waals surface area contributed by atoms with Crippen LogP contribution in [0.1, 0.15) is 32.5 Å². The van der Waals surface area contributed by atoms with Crippen LogP contribution in [0.4, 0.5) is 0 Å². The molecule has 14 heavy (non-hydrogen) atoms. The zero-order valence-corrected chi connectivity index (χ0v) is 8.86. The Morgan fingerprint density at radius 1 is 1.43 bits per heavy atom. The van der Waals surface area contributed by atoms with Crippen LogP contribution < -0.4 is 0 Å². The number of rotatable bonds is 2. The molecule has 1 aromatic heterocycles. The smallest absolute Gasteiger partial charge is 0.177 e. The van der Waals surface area contributed by atoms with Crippen molar-refractivity contribution in [3.63, 3.8) is 0 Å². The SMILES string of the molecule is Cn1nnc(CC2(O)CC(C)(C)C2)n1. The molecule has 0 bridgehead atoms. The molecule has 1 aromatic rings. The van der Waals surface area contributed by atoms with Crippen LogP contribution in [0.3, 0.4) is 0 Å². The Balaban J connectivity index is 1.99. The average Bonchev–Trinajstić information content (AvgIpc) is 2.29. The molecule has 1 saturated carbocycles. The highest BCUT2D eigenvalue weighted by atomic mass is 16.3. The van der Waals surface area contributed by atoms with Crippen LogP contribution in [0, 0.1) is 5.41 Å². The second kappa shape index (κ2) is 2.76. The van der Waals surface area contributed by atoms with Gasteiger partial charge in [-0.25, -0.2) is 0 Å². The van der Waals surface area contributed by atoms with E-state index < -0.39 is 5.60 Å². The van der Waals surface area contributed by atoms with Gasteiger partial charge in [-0.3, -0.25) is 0 Å². The summed E-state index contributed by atoms with van der Waals surface area (Å²) in [7, 11) is 1.73. The standard InChI is InChI=1S/C9H16N4O/c1-8(2)5-9(14,6-8)4-7-10-12-13(3)11-7/h14H,4-6H2,1-3H3. The minimum absolute atomic E-state index is 0.261. The van der Waals surface area contributed by atoms with E-state index in [0.717, 1.165) is 12.8 Å². The summed E-state index contributed by atoms with van der Waals surface area (Å²) in [5.74, 6) is 0.630. The molecule has 1 aliphatic carbocycles. The van der Waals surface area contributed by atoms with Gasteiger partial charge in [-0.1, -0.05) is 13.8 Å². The molecule has 2 rings (SSSR count). The topological polar surface area (TPSA) is 63.8 Å². The molecule has 0 unspecified atom stereocenters. The highest BCUT2D eigenvalue weighted by molar-refractivity contribution is 5.04. The Morgan fingerprint density at radius 2 is 2.07 bits per heavy atom. The van der Waals surface area contributed by atoms with Crippen molar-refractivity contribution in [2.24, 2.45) is 12.5 Å². The zero-order chi connectivity index (χ0) is 10.4. The number of hydrogen-bond donors (Lipinski definition) is 1. The lowest BCUT2D eigenvalue weighted by atomic mass is 9.60. The number of hydrogen-bond acceptors (Lipinski definition) is 4. The van der Waals surface area contributed by atoms with E-state index in [0.29, 0.717) is 12.2 Å². The molecule has 1 heterocycles. The molecule has 5 heteroatoms. The second-order valence-electron chi connectivity index (χ2n) is 5.11. The van der Waals surface area contributed by atoms with Crippen molar-refractivity contribution in [2.45, 2.75) is 38.7 Å². The maximum absolute atomic E-state index is 10.1. The number of nitrogens with zero attached hydrogens (tertiary/aromatic N) is 4. The lowest BCUT2D eigenvalue weighted by molar-refractivity contribution is -0.112. The first-order valence-electron chi connectivity index (χ1n) is 4.84. The normalized spacial score (nSPS) is 23.1. The molecule has 1 fully saturated rings. The van der Waals surface area contributed by atoms with Crippen molar-refractivity contribution in [1.29, 1.82) is 0 Å². The fraction of sp³-hybridized carbons (Fsp3) is 0.889. The molecule has 0 aliphatic heterocycles. The maximum Gasteiger partial charge on any atom is 0.177 e. The number of tetrazole rings is 1. The van der Waals surface area contributed by atoms with Crippen molar-refractivity contribution in [1.82, 2.24) is 20.2 Å². The molecule has 5 nitrogen and oxygen atoms in total. The van der Waals surface area contributed by atoms with Crippen molar-refractivity contribution in [3.8, 4) is 0 Å². The van der Waals surface area contributed by atoms with Gasteiger partial charge in [0.15, 0.2) is 5.82 Å². The predicted molar refractivity (Wildman–Crippen MR) is 50.5 cm³/mol. The van der Waals surface area contributed by atoms with Gasteiger partial charge in [-0.15, -0.1) is 10.2 Å². The van der Waals surface area contributed by atoms with Crippen LogP contribution in [0.25, 0.3) is 0 Å². The van der Waals surface area contributed by atoms with E-state index >= 15 is 0 Å². The van der Waals surface area contributed by atoms with E-state index in [1.54, 1.807) is 7.05 Å². The van der Waals surface area contributed by atoms with Crippen LogP contribution in [0.15, 0.2) is 0 Å². The summed E-state index contributed by atoms with van der Waals surface area (Å²) in [6.45, 7) is 4.32. The van der Waals surface area contributed by atoms with E-state index in [2.05, 4.69) is 29.3 Å². The summed E-state index contributed by atoms with van der Waals surface area (Å²) in [5.41, 5.74) is -0.344. The molecule has 0 atom stereocenters. The van der Waals surface area contributed by atoms with E-state index in [-0.39, 0.29) is 5.41 Å². The Kier molecular flexibility index (Phi) is 1.89. The minimum Gasteiger partial charge on any atom is -0.389 e. The largest absolute Gasteiger partial charge is 0.389 e. The Bertz CT molecular complexity index is 336. The molecule has 0 aromatic carbocycles. The molecular formula is C9H16N4O. The van der Waals surface area contributed by atoms with E-state index in [4.69, 9.17) is 0 Å². The minimum atomic E-state index is -0.605. The molecular weight excluding hydrogens is 180 g/mol. The van der Waals surface area contributed by atoms with Gasteiger partial charge in [0.1, 0.15) is 0 Å². The Hall–Kier alpha value is -0.970. The highest BCUT2D eigenvalue weighted by Crippen LogP contribution is 2.48. The van der Waals surface area contributed by atoms with Gasteiger partial charge in [-0.2, -0.15) is 4.80 Å². The van der Waals surface area contributed by atoms with E-state index in [1.165, 1.54) is 4.80 Å². The van der Waals surface area contributed by atoms with Crippen molar-refractivity contribution in [3.05, 3.63) is 5.82 Å². The van der Waals surface area contributed by atoms with Gasteiger partial charge in [0.25, 0.3) is 0 Å². The van der Waals surface area contributed by atoms with Crippen LogP contribution in [0.5, 0.6) is 0 Å². The lowest BCUT2D eigenvalue weighted by Gasteiger charge is -2.49. The van der Waals surface area contributed by atoms with Gasteiger partial charge < -0.3 is 5.11 Å². The summed E-state index contributed by atoms with van der Waals surface area (Å²) in [6, 6.07) is 0. The average molecular weight is 196 g/mol. The van der Waals surface area contributed by atoms with Crippen LogP contribution in [-0.4, -0.2) is 30.9 Å². The monoisotopic (exact) mass is 196 g/mol. The molecule has 0 radical (unpaired) electrons. The number of aryl methyl sites for hydroxylation is 1. The molecule has 78 valence electrons. The van der Waals surface area contributed by atoms with Gasteiger partial charge >= 0.3 is 0 Å². The van der Waals surface area contributed by atoms with Gasteiger partial charge in [0, 0.05) is 6.42 Å². The number of aliphatic hydroxyl groups is 1. The fourth-order valence-electron chi connectivity index (χ4n) is 2.54. The first kappa shape index (κ1) is 9.58. The highest BCUT2D eigenvalue weighted by Gasteiger charge is 2.48. The van der Waals surface area contributed by atoms with E-state index in [9.17, 15) is 5.11 Å². The molecule has 1 N–H and O–H groups in total. The molecule has 0 saturated heterocycles. The summed E-state index contributed by atoms with van der Waals surface area (Å²) in [6.07, 6.45) is 2.15. The molecule has 0 spiro atoms. The van der Waals surface area contributed by atoms with Crippen LogP contribution >= 0.6 is 0 Å². The second-order valence-corrected chi connectivity index (χ2v) is 5.11. The fourth-order valence-corrected chi connectivity index (χ4v) is 2.54. The zero-order valence-electron chi connectivity index (χ0n) is 8.86. The first-order chi connectivity index (χ1) is 6.39. The van der Waals surface area contributed by atoms with Crippen LogP contribution in [-0.2, 0) is 13.5 Å². The summed E-state index contributed by atoms with van der Waals surface area (Å²) < 4.78 is 0. The van der Waals surface area contributed by atoms with Crippen molar-refractivity contribution in [2.75, 3.05) is 0 Å². The Morgan fingerprint density at radius 3 is 2.50 bits per heavy atom. The van der Waals surface area contributed by atoms with Gasteiger partial charge in [-0.05, 0) is 23.5 Å². The van der Waals surface area contributed by atoms with Gasteiger partial charge in [0.2, 0.25) is 0 Å². The third-order valence-electron chi connectivity index (χ3n) is 2.65. The van der Waals surface area contributed by atoms with E-state index in [1.807, 2.05) is 0 Å². The summed E-state index contributed by atoms with van der Waals surface area (Å²) in [5, 5.41) is 21.8. The third kappa shape index (κ3) is 1.77. The molecule has 0 amide bonds. The van der Waals surface area contributed by atoms with Crippen molar-refractivity contribution < 1.29 is 5.11 Å². The van der Waals surface area contributed by atoms with Crippen LogP contribution in [0.2, 0.25) is 0 Å². The third-order valence-corrected chi connectivity index (χ3v) is 2.65.